The van der Waals surface area contributed by atoms with E-state index in [0.29, 0.717) is 48.4 Å². The molecule has 0 spiro atoms. The fourth-order valence-electron chi connectivity index (χ4n) is 3.88. The van der Waals surface area contributed by atoms with Crippen molar-refractivity contribution >= 4 is 35.0 Å². The van der Waals surface area contributed by atoms with Crippen molar-refractivity contribution in [3.8, 4) is 0 Å². The van der Waals surface area contributed by atoms with Gasteiger partial charge in [-0.2, -0.15) is 18.3 Å². The Kier molecular flexibility index (Phi) is 9.42. The summed E-state index contributed by atoms with van der Waals surface area (Å²) in [5, 5.41) is 9.40. The van der Waals surface area contributed by atoms with Gasteiger partial charge in [0.25, 0.3) is 5.91 Å². The molecule has 0 fully saturated rings. The number of allylic oxidation sites excluding steroid dienone is 5. The van der Waals surface area contributed by atoms with Gasteiger partial charge < -0.3 is 21.3 Å². The molecule has 3 aromatic heterocycles. The number of pyridine rings is 1. The van der Waals surface area contributed by atoms with Crippen LogP contribution in [0.1, 0.15) is 41.9 Å². The minimum Gasteiger partial charge on any atom is -0.382 e. The molecule has 0 unspecified atom stereocenters. The molecule has 39 heavy (non-hydrogen) atoms. The van der Waals surface area contributed by atoms with Gasteiger partial charge in [0.1, 0.15) is 23.4 Å². The summed E-state index contributed by atoms with van der Waals surface area (Å²) in [5.41, 5.74) is 8.59. The lowest BCUT2D eigenvalue weighted by Crippen LogP contribution is -2.30. The summed E-state index contributed by atoms with van der Waals surface area (Å²) in [6.07, 6.45) is 7.43. The Morgan fingerprint density at radius 3 is 2.62 bits per heavy atom. The van der Waals surface area contributed by atoms with Crippen LogP contribution < -0.4 is 16.4 Å². The number of nitrogens with two attached hydrogens (primary N) is 1. The Bertz CT molecular complexity index is 1420. The molecule has 206 valence electrons. The second-order valence-electron chi connectivity index (χ2n) is 8.17. The zero-order valence-corrected chi connectivity index (χ0v) is 21.7. The average molecular weight is 543 g/mol. The van der Waals surface area contributed by atoms with E-state index in [2.05, 4.69) is 25.7 Å². The van der Waals surface area contributed by atoms with Crippen LogP contribution in [0.2, 0.25) is 0 Å². The van der Waals surface area contributed by atoms with Crippen molar-refractivity contribution in [2.45, 2.75) is 26.4 Å². The molecule has 1 aliphatic carbocycles. The number of aromatic nitrogens is 4. The van der Waals surface area contributed by atoms with E-state index in [9.17, 15) is 22.8 Å². The lowest BCUT2D eigenvalue weighted by Gasteiger charge is -2.19. The summed E-state index contributed by atoms with van der Waals surface area (Å²) in [6.45, 7) is 5.08. The quantitative estimate of drug-likeness (QED) is 0.386. The van der Waals surface area contributed by atoms with Gasteiger partial charge in [0.05, 0.1) is 5.56 Å². The van der Waals surface area contributed by atoms with Crippen LogP contribution in [-0.4, -0.2) is 56.9 Å². The number of nitrogen functional groups attached to an aromatic ring is 1. The molecule has 0 bridgehead atoms. The zero-order valence-electron chi connectivity index (χ0n) is 21.7. The number of rotatable bonds is 7. The molecule has 0 aromatic carbocycles. The van der Waals surface area contributed by atoms with Crippen LogP contribution >= 0.6 is 0 Å². The van der Waals surface area contributed by atoms with Gasteiger partial charge in [-0.05, 0) is 37.6 Å². The first-order valence-corrected chi connectivity index (χ1v) is 12.1. The summed E-state index contributed by atoms with van der Waals surface area (Å²) >= 11 is 0. The van der Waals surface area contributed by atoms with Gasteiger partial charge in [-0.25, -0.2) is 14.5 Å². The van der Waals surface area contributed by atoms with Gasteiger partial charge in [-0.1, -0.05) is 24.3 Å². The van der Waals surface area contributed by atoms with Crippen LogP contribution in [0.25, 0.3) is 11.1 Å². The first-order chi connectivity index (χ1) is 18.6. The molecule has 0 saturated carbocycles. The van der Waals surface area contributed by atoms with Gasteiger partial charge in [-0.3, -0.25) is 9.59 Å². The molecule has 1 aliphatic rings. The molecule has 0 radical (unpaired) electrons. The summed E-state index contributed by atoms with van der Waals surface area (Å²) in [5.74, 6) is 0.422. The van der Waals surface area contributed by atoms with Crippen LogP contribution in [-0.2, 0) is 11.0 Å². The number of fused-ring (bicyclic) bond motifs is 1. The third-order valence-corrected chi connectivity index (χ3v) is 5.81. The third-order valence-electron chi connectivity index (χ3n) is 5.81. The topological polar surface area (TPSA) is 131 Å². The van der Waals surface area contributed by atoms with Crippen LogP contribution in [0.3, 0.4) is 0 Å². The Hall–Kier alpha value is -4.68. The second-order valence-corrected chi connectivity index (χ2v) is 8.17. The fourth-order valence-corrected chi connectivity index (χ4v) is 3.88. The van der Waals surface area contributed by atoms with Crippen LogP contribution in [0, 0.1) is 0 Å². The van der Waals surface area contributed by atoms with E-state index in [1.165, 1.54) is 25.5 Å². The highest BCUT2D eigenvalue weighted by molar-refractivity contribution is 6.05. The highest BCUT2D eigenvalue weighted by atomic mass is 19.4. The Morgan fingerprint density at radius 2 is 1.97 bits per heavy atom. The molecule has 13 heteroatoms. The predicted octanol–water partition coefficient (Wildman–Crippen LogP) is 3.91. The summed E-state index contributed by atoms with van der Waals surface area (Å²) in [7, 11) is 1.52. The van der Waals surface area contributed by atoms with E-state index in [1.54, 1.807) is 15.6 Å². The number of alkyl halides is 3. The minimum absolute atomic E-state index is 0.0892. The van der Waals surface area contributed by atoms with Crippen LogP contribution in [0.5, 0.6) is 0 Å². The van der Waals surface area contributed by atoms with E-state index in [1.807, 2.05) is 38.2 Å². The number of nitrogens with one attached hydrogen (secondary N) is 2. The molecule has 4 rings (SSSR count). The fraction of sp³-hybridized carbons (Fsp3) is 0.269. The first-order valence-electron chi connectivity index (χ1n) is 12.1. The van der Waals surface area contributed by atoms with Crippen molar-refractivity contribution in [2.75, 3.05) is 31.2 Å². The lowest BCUT2D eigenvalue weighted by atomic mass is 10.0. The first kappa shape index (κ1) is 28.9. The van der Waals surface area contributed by atoms with E-state index in [4.69, 9.17) is 5.73 Å². The second kappa shape index (κ2) is 12.7. The maximum absolute atomic E-state index is 13.1. The standard InChI is InChI=1S/C19H22N6O2.C7H7F3N2/c1-3-24(4-2)19(27)15-10-25-17(18(20)21-11-23-25)16(15)13-6-5-7-14(9-8-13)22-12-26;1-11-6-4-2-3-5(12-6)7(8,9)10/h5-6,8-12H,3-4,7H2,1-2H3,(H,22,26)(H2,20,21,23);2-4H,1H3,(H,11,12). The molecule has 0 saturated heterocycles. The van der Waals surface area contributed by atoms with E-state index < -0.39 is 11.9 Å². The van der Waals surface area contributed by atoms with Crippen molar-refractivity contribution in [3.63, 3.8) is 0 Å². The molecule has 0 atom stereocenters. The van der Waals surface area contributed by atoms with Gasteiger partial charge in [0, 0.05) is 44.0 Å². The Balaban J connectivity index is 0.000000293. The van der Waals surface area contributed by atoms with Gasteiger partial charge >= 0.3 is 6.18 Å². The highest BCUT2D eigenvalue weighted by Gasteiger charge is 2.32. The van der Waals surface area contributed by atoms with E-state index in [-0.39, 0.29) is 11.7 Å². The smallest absolute Gasteiger partial charge is 0.382 e. The summed E-state index contributed by atoms with van der Waals surface area (Å²) in [6, 6.07) is 3.71. The maximum atomic E-state index is 13.1. The zero-order chi connectivity index (χ0) is 28.6. The van der Waals surface area contributed by atoms with Gasteiger partial charge in [0.2, 0.25) is 6.41 Å². The SMILES string of the molecule is CCN(CC)C(=O)c1cn2ncnc(N)c2c1C1=CC=C(NC=O)CC=C1.CNc1cccc(C(F)(F)F)n1. The molecular formula is C26H29F3N8O2. The molecule has 2 amide bonds. The Labute approximate surface area is 223 Å². The highest BCUT2D eigenvalue weighted by Crippen LogP contribution is 2.32. The average Bonchev–Trinajstić information content (AvgIpc) is 3.17. The largest absolute Gasteiger partial charge is 0.433 e. The molecule has 3 heterocycles. The van der Waals surface area contributed by atoms with Gasteiger partial charge in [-0.15, -0.1) is 0 Å². The number of hydrogen-bond donors (Lipinski definition) is 3. The monoisotopic (exact) mass is 542 g/mol. The summed E-state index contributed by atoms with van der Waals surface area (Å²) in [4.78, 5) is 33.0. The number of carbonyl (C=O) groups is 2. The number of carbonyl (C=O) groups excluding carboxylic acids is 2. The Morgan fingerprint density at radius 1 is 1.23 bits per heavy atom. The molecule has 3 aromatic rings. The van der Waals surface area contributed by atoms with Crippen molar-refractivity contribution in [1.82, 2.24) is 29.8 Å². The molecule has 10 nitrogen and oxygen atoms in total. The molecule has 4 N–H and O–H groups in total. The normalized spacial score (nSPS) is 13.0. The minimum atomic E-state index is -4.37. The number of amides is 2. The van der Waals surface area contributed by atoms with Crippen molar-refractivity contribution in [1.29, 1.82) is 0 Å². The third kappa shape index (κ3) is 6.80. The molecule has 0 aliphatic heterocycles. The van der Waals surface area contributed by atoms with Crippen molar-refractivity contribution in [3.05, 3.63) is 77.5 Å². The number of anilines is 2. The number of hydrogen-bond acceptors (Lipinski definition) is 7. The van der Waals surface area contributed by atoms with E-state index in [0.717, 1.165) is 17.3 Å². The lowest BCUT2D eigenvalue weighted by molar-refractivity contribution is -0.141. The van der Waals surface area contributed by atoms with Crippen molar-refractivity contribution in [2.24, 2.45) is 0 Å². The number of halogens is 3. The maximum Gasteiger partial charge on any atom is 0.433 e. The van der Waals surface area contributed by atoms with Crippen LogP contribution in [0.15, 0.2) is 60.7 Å². The van der Waals surface area contributed by atoms with Crippen LogP contribution in [0.4, 0.5) is 24.8 Å². The summed E-state index contributed by atoms with van der Waals surface area (Å²) < 4.78 is 37.6. The predicted molar refractivity (Wildman–Crippen MR) is 142 cm³/mol. The van der Waals surface area contributed by atoms with E-state index >= 15 is 0 Å². The van der Waals surface area contributed by atoms with Crippen molar-refractivity contribution < 1.29 is 22.8 Å². The van der Waals surface area contributed by atoms with Gasteiger partial charge in [0.15, 0.2) is 5.82 Å². The number of nitrogens with zero attached hydrogens (tertiary/aromatic N) is 5. The molecular weight excluding hydrogens is 513 g/mol.